The maximum Gasteiger partial charge on any atom is 0.0899 e. The Hall–Kier alpha value is -0.860. The van der Waals surface area contributed by atoms with Gasteiger partial charge in [0.2, 0.25) is 0 Å². The molecule has 0 amide bonds. The van der Waals surface area contributed by atoms with Crippen LogP contribution >= 0.6 is 0 Å². The van der Waals surface area contributed by atoms with E-state index in [-0.39, 0.29) is 5.60 Å². The van der Waals surface area contributed by atoms with Gasteiger partial charge in [-0.1, -0.05) is 24.3 Å². The smallest absolute Gasteiger partial charge is 0.0899 e. The van der Waals surface area contributed by atoms with Gasteiger partial charge in [-0.15, -0.1) is 0 Å². The van der Waals surface area contributed by atoms with Gasteiger partial charge in [-0.25, -0.2) is 0 Å². The Morgan fingerprint density at radius 1 is 0.938 bits per heavy atom. The van der Waals surface area contributed by atoms with Crippen LogP contribution in [0.3, 0.4) is 0 Å². The van der Waals surface area contributed by atoms with E-state index in [1.54, 1.807) is 0 Å². The van der Waals surface area contributed by atoms with Crippen molar-refractivity contribution in [1.82, 2.24) is 0 Å². The average Bonchev–Trinajstić information content (AvgIpc) is 3.19. The van der Waals surface area contributed by atoms with E-state index in [1.165, 1.54) is 5.56 Å². The van der Waals surface area contributed by atoms with Crippen molar-refractivity contribution >= 4 is 0 Å². The lowest BCUT2D eigenvalue weighted by Crippen LogP contribution is -2.08. The van der Waals surface area contributed by atoms with E-state index in [0.717, 1.165) is 44.1 Å². The summed E-state index contributed by atoms with van der Waals surface area (Å²) >= 11 is 0. The second-order valence-corrected chi connectivity index (χ2v) is 5.45. The minimum atomic E-state index is -0.521. The van der Waals surface area contributed by atoms with E-state index in [2.05, 4.69) is 12.1 Å². The minimum absolute atomic E-state index is 0.354. The molecule has 0 saturated heterocycles. The van der Waals surface area contributed by atoms with Gasteiger partial charge in [-0.05, 0) is 49.7 Å². The molecule has 3 rings (SSSR count). The SMILES string of the molecule is OC1(CCc2ccc(C3(O)CC3)cc2)CC1. The molecule has 16 heavy (non-hydrogen) atoms. The van der Waals surface area contributed by atoms with E-state index in [0.29, 0.717) is 0 Å². The van der Waals surface area contributed by atoms with Gasteiger partial charge in [-0.2, -0.15) is 0 Å². The molecule has 1 aromatic rings. The fraction of sp³-hybridized carbons (Fsp3) is 0.571. The molecule has 1 aromatic carbocycles. The van der Waals surface area contributed by atoms with E-state index < -0.39 is 5.60 Å². The van der Waals surface area contributed by atoms with Crippen molar-refractivity contribution in [2.75, 3.05) is 0 Å². The van der Waals surface area contributed by atoms with Crippen molar-refractivity contribution in [2.24, 2.45) is 0 Å². The first kappa shape index (κ1) is 10.3. The molecule has 0 spiro atoms. The summed E-state index contributed by atoms with van der Waals surface area (Å²) in [4.78, 5) is 0. The minimum Gasteiger partial charge on any atom is -0.390 e. The van der Waals surface area contributed by atoms with Crippen LogP contribution in [0, 0.1) is 0 Å². The lowest BCUT2D eigenvalue weighted by Gasteiger charge is -2.10. The third-order valence-corrected chi connectivity index (χ3v) is 3.92. The third-order valence-electron chi connectivity index (χ3n) is 3.92. The molecule has 0 aliphatic heterocycles. The van der Waals surface area contributed by atoms with Crippen LogP contribution in [0.25, 0.3) is 0 Å². The van der Waals surface area contributed by atoms with Crippen molar-refractivity contribution in [1.29, 1.82) is 0 Å². The van der Waals surface area contributed by atoms with Crippen LogP contribution in [-0.4, -0.2) is 15.8 Å². The molecule has 2 heteroatoms. The molecule has 2 saturated carbocycles. The van der Waals surface area contributed by atoms with E-state index in [4.69, 9.17) is 0 Å². The molecule has 0 heterocycles. The number of aryl methyl sites for hydroxylation is 1. The first-order valence-corrected chi connectivity index (χ1v) is 6.14. The highest BCUT2D eigenvalue weighted by atomic mass is 16.3. The van der Waals surface area contributed by atoms with Crippen molar-refractivity contribution < 1.29 is 10.2 Å². The van der Waals surface area contributed by atoms with E-state index in [1.807, 2.05) is 12.1 Å². The Balaban J connectivity index is 1.63. The van der Waals surface area contributed by atoms with Gasteiger partial charge in [0.25, 0.3) is 0 Å². The maximum absolute atomic E-state index is 9.92. The molecule has 2 fully saturated rings. The highest BCUT2D eigenvalue weighted by Gasteiger charge is 2.42. The fourth-order valence-electron chi connectivity index (χ4n) is 2.16. The predicted molar refractivity (Wildman–Crippen MR) is 62.1 cm³/mol. The van der Waals surface area contributed by atoms with Gasteiger partial charge in [0.15, 0.2) is 0 Å². The number of benzene rings is 1. The molecule has 2 nitrogen and oxygen atoms in total. The zero-order valence-corrected chi connectivity index (χ0v) is 9.45. The van der Waals surface area contributed by atoms with Crippen LogP contribution in [-0.2, 0) is 12.0 Å². The van der Waals surface area contributed by atoms with Gasteiger partial charge in [0.05, 0.1) is 11.2 Å². The van der Waals surface area contributed by atoms with Gasteiger partial charge in [0, 0.05) is 0 Å². The van der Waals surface area contributed by atoms with Gasteiger partial charge in [-0.3, -0.25) is 0 Å². The predicted octanol–water partition coefficient (Wildman–Crippen LogP) is 2.13. The van der Waals surface area contributed by atoms with Gasteiger partial charge in [0.1, 0.15) is 0 Å². The van der Waals surface area contributed by atoms with Crippen molar-refractivity contribution in [2.45, 2.75) is 49.7 Å². The Kier molecular flexibility index (Phi) is 2.13. The molecule has 86 valence electrons. The van der Waals surface area contributed by atoms with E-state index >= 15 is 0 Å². The second kappa shape index (κ2) is 3.31. The molecular formula is C14H18O2. The zero-order chi connectivity index (χ0) is 11.2. The summed E-state index contributed by atoms with van der Waals surface area (Å²) in [6.07, 6.45) is 5.53. The van der Waals surface area contributed by atoms with E-state index in [9.17, 15) is 10.2 Å². The largest absolute Gasteiger partial charge is 0.390 e. The van der Waals surface area contributed by atoms with Crippen LogP contribution in [0.5, 0.6) is 0 Å². The molecule has 0 bridgehead atoms. The Morgan fingerprint density at radius 3 is 2.06 bits per heavy atom. The molecule has 0 radical (unpaired) electrons. The molecule has 2 aliphatic rings. The highest BCUT2D eigenvalue weighted by molar-refractivity contribution is 5.30. The number of rotatable bonds is 4. The highest BCUT2D eigenvalue weighted by Crippen LogP contribution is 2.45. The van der Waals surface area contributed by atoms with Crippen LogP contribution in [0.15, 0.2) is 24.3 Å². The first-order chi connectivity index (χ1) is 7.60. The summed E-state index contributed by atoms with van der Waals surface area (Å²) in [5.74, 6) is 0. The monoisotopic (exact) mass is 218 g/mol. The molecular weight excluding hydrogens is 200 g/mol. The van der Waals surface area contributed by atoms with Crippen LogP contribution < -0.4 is 0 Å². The first-order valence-electron chi connectivity index (χ1n) is 6.14. The number of hydrogen-bond donors (Lipinski definition) is 2. The van der Waals surface area contributed by atoms with Crippen molar-refractivity contribution in [3.8, 4) is 0 Å². The standard InChI is InChI=1S/C14H18O2/c15-13(7-8-13)6-5-11-1-3-12(4-2-11)14(16)9-10-14/h1-4,15-16H,5-10H2. The van der Waals surface area contributed by atoms with Gasteiger partial charge >= 0.3 is 0 Å². The number of hydrogen-bond acceptors (Lipinski definition) is 2. The quantitative estimate of drug-likeness (QED) is 0.812. The van der Waals surface area contributed by atoms with Crippen molar-refractivity contribution in [3.63, 3.8) is 0 Å². The second-order valence-electron chi connectivity index (χ2n) is 5.45. The Labute approximate surface area is 95.9 Å². The lowest BCUT2D eigenvalue weighted by atomic mass is 10.0. The summed E-state index contributed by atoms with van der Waals surface area (Å²) in [5, 5.41) is 19.7. The average molecular weight is 218 g/mol. The Bertz CT molecular complexity index is 386. The van der Waals surface area contributed by atoms with Crippen LogP contribution in [0.1, 0.15) is 43.2 Å². The zero-order valence-electron chi connectivity index (χ0n) is 9.45. The molecule has 0 unspecified atom stereocenters. The normalized spacial score (nSPS) is 24.1. The number of aliphatic hydroxyl groups is 2. The summed E-state index contributed by atoms with van der Waals surface area (Å²) in [6.45, 7) is 0. The molecule has 2 aliphatic carbocycles. The molecule has 2 N–H and O–H groups in total. The van der Waals surface area contributed by atoms with Gasteiger partial charge < -0.3 is 10.2 Å². The molecule has 0 atom stereocenters. The summed E-state index contributed by atoms with van der Waals surface area (Å²) < 4.78 is 0. The topological polar surface area (TPSA) is 40.5 Å². The summed E-state index contributed by atoms with van der Waals surface area (Å²) in [6, 6.07) is 8.22. The molecule has 0 aromatic heterocycles. The lowest BCUT2D eigenvalue weighted by molar-refractivity contribution is 0.140. The summed E-state index contributed by atoms with van der Waals surface area (Å²) in [7, 11) is 0. The third kappa shape index (κ3) is 2.00. The Morgan fingerprint density at radius 2 is 1.56 bits per heavy atom. The van der Waals surface area contributed by atoms with Crippen LogP contribution in [0.2, 0.25) is 0 Å². The maximum atomic E-state index is 9.92. The van der Waals surface area contributed by atoms with Crippen LogP contribution in [0.4, 0.5) is 0 Å². The fourth-order valence-corrected chi connectivity index (χ4v) is 2.16. The van der Waals surface area contributed by atoms with Crippen molar-refractivity contribution in [3.05, 3.63) is 35.4 Å². The summed E-state index contributed by atoms with van der Waals surface area (Å²) in [5.41, 5.74) is 1.43.